The van der Waals surface area contributed by atoms with Crippen LogP contribution in [-0.4, -0.2) is 34.6 Å². The lowest BCUT2D eigenvalue weighted by Gasteiger charge is -2.32. The summed E-state index contributed by atoms with van der Waals surface area (Å²) >= 11 is 13.7. The molecule has 0 unspecified atom stereocenters. The van der Waals surface area contributed by atoms with Crippen molar-refractivity contribution in [3.63, 3.8) is 0 Å². The number of benzene rings is 3. The first kappa shape index (κ1) is 29.1. The van der Waals surface area contributed by atoms with Gasteiger partial charge in [0.05, 0.1) is 15.8 Å². The Bertz CT molecular complexity index is 1190. The first-order valence-corrected chi connectivity index (χ1v) is 14.4. The fourth-order valence-electron chi connectivity index (χ4n) is 3.97. The fraction of sp³-hybridized carbons (Fsp3) is 0.333. The monoisotopic (exact) mass is 556 g/mol. The molecule has 1 N–H and O–H groups in total. The predicted octanol–water partition coefficient (Wildman–Crippen LogP) is 7.09. The van der Waals surface area contributed by atoms with E-state index in [1.807, 2.05) is 81.4 Å². The van der Waals surface area contributed by atoms with E-state index in [1.165, 1.54) is 11.8 Å². The summed E-state index contributed by atoms with van der Waals surface area (Å²) in [6.07, 6.45) is 1.26. The maximum absolute atomic E-state index is 13.7. The van der Waals surface area contributed by atoms with Gasteiger partial charge in [0.15, 0.2) is 0 Å². The largest absolute Gasteiger partial charge is 0.352 e. The van der Waals surface area contributed by atoms with Crippen molar-refractivity contribution in [2.75, 3.05) is 5.75 Å². The molecule has 0 aliphatic carbocycles. The number of thioether (sulfide) groups is 1. The van der Waals surface area contributed by atoms with E-state index in [9.17, 15) is 9.59 Å². The Morgan fingerprint density at radius 2 is 1.65 bits per heavy atom. The Balaban J connectivity index is 1.85. The highest BCUT2D eigenvalue weighted by Gasteiger charge is 2.30. The summed E-state index contributed by atoms with van der Waals surface area (Å²) in [5.41, 5.74) is 4.12. The Hall–Kier alpha value is -2.47. The highest BCUT2D eigenvalue weighted by atomic mass is 35.5. The molecule has 0 saturated carbocycles. The van der Waals surface area contributed by atoms with Crippen molar-refractivity contribution in [1.29, 1.82) is 0 Å². The summed E-state index contributed by atoms with van der Waals surface area (Å²) in [5, 5.41) is 4.11. The summed E-state index contributed by atoms with van der Waals surface area (Å²) in [6, 6.07) is 22.8. The molecule has 3 aromatic rings. The maximum Gasteiger partial charge on any atom is 0.243 e. The molecule has 37 heavy (non-hydrogen) atoms. The number of nitrogens with one attached hydrogen (secondary N) is 1. The number of rotatable bonds is 12. The van der Waals surface area contributed by atoms with E-state index in [1.54, 1.807) is 11.0 Å². The molecule has 0 aliphatic heterocycles. The number of hydrogen-bond donors (Lipinski definition) is 1. The lowest BCUT2D eigenvalue weighted by molar-refractivity contribution is -0.139. The van der Waals surface area contributed by atoms with Gasteiger partial charge in [0, 0.05) is 24.8 Å². The number of nitrogens with zero attached hydrogens (tertiary/aromatic N) is 1. The van der Waals surface area contributed by atoms with Crippen LogP contribution in [0.3, 0.4) is 0 Å². The molecule has 0 radical (unpaired) electrons. The molecule has 3 rings (SSSR count). The van der Waals surface area contributed by atoms with Crippen LogP contribution in [0, 0.1) is 6.92 Å². The molecule has 0 fully saturated rings. The second-order valence-electron chi connectivity index (χ2n) is 9.28. The molecule has 0 heterocycles. The van der Waals surface area contributed by atoms with Gasteiger partial charge < -0.3 is 10.2 Å². The van der Waals surface area contributed by atoms with Gasteiger partial charge in [-0.1, -0.05) is 96.4 Å². The maximum atomic E-state index is 13.7. The summed E-state index contributed by atoms with van der Waals surface area (Å²) in [6.45, 7) is 6.41. The summed E-state index contributed by atoms with van der Waals surface area (Å²) in [7, 11) is 0. The zero-order valence-corrected chi connectivity index (χ0v) is 23.9. The van der Waals surface area contributed by atoms with Crippen LogP contribution in [0.2, 0.25) is 10.0 Å². The van der Waals surface area contributed by atoms with Gasteiger partial charge in [-0.15, -0.1) is 11.8 Å². The minimum absolute atomic E-state index is 0.0192. The number of aryl methyl sites for hydroxylation is 1. The Kier molecular flexibility index (Phi) is 11.4. The molecule has 0 saturated heterocycles. The van der Waals surface area contributed by atoms with Gasteiger partial charge in [0.2, 0.25) is 11.8 Å². The third-order valence-electron chi connectivity index (χ3n) is 6.19. The van der Waals surface area contributed by atoms with E-state index in [0.717, 1.165) is 28.7 Å². The Morgan fingerprint density at radius 1 is 0.919 bits per heavy atom. The van der Waals surface area contributed by atoms with Crippen LogP contribution in [0.4, 0.5) is 0 Å². The molecule has 196 valence electrons. The average molecular weight is 558 g/mol. The fourth-order valence-corrected chi connectivity index (χ4v) is 5.15. The van der Waals surface area contributed by atoms with E-state index in [-0.39, 0.29) is 23.6 Å². The second kappa shape index (κ2) is 14.5. The molecule has 4 nitrogen and oxygen atoms in total. The average Bonchev–Trinajstić information content (AvgIpc) is 2.88. The lowest BCUT2D eigenvalue weighted by atomic mass is 10.0. The van der Waals surface area contributed by atoms with Crippen molar-refractivity contribution in [3.05, 3.63) is 105 Å². The highest BCUT2D eigenvalue weighted by Crippen LogP contribution is 2.25. The molecule has 0 aliphatic rings. The van der Waals surface area contributed by atoms with Crippen LogP contribution in [-0.2, 0) is 28.3 Å². The molecule has 2 atom stereocenters. The smallest absolute Gasteiger partial charge is 0.243 e. The van der Waals surface area contributed by atoms with Crippen molar-refractivity contribution < 1.29 is 9.59 Å². The van der Waals surface area contributed by atoms with Crippen LogP contribution in [0.5, 0.6) is 0 Å². The van der Waals surface area contributed by atoms with Crippen LogP contribution >= 0.6 is 35.0 Å². The van der Waals surface area contributed by atoms with Crippen LogP contribution in [0.25, 0.3) is 0 Å². The number of amides is 2. The lowest BCUT2D eigenvalue weighted by Crippen LogP contribution is -2.52. The molecule has 3 aromatic carbocycles. The SMILES string of the molecule is CC[C@@H](C)NC(=O)[C@H](Cc1ccccc1)N(Cc1cccc(C)c1)C(=O)CSCc1ccc(Cl)c(Cl)c1. The number of carbonyl (C=O) groups is 2. The van der Waals surface area contributed by atoms with E-state index in [2.05, 4.69) is 11.4 Å². The van der Waals surface area contributed by atoms with E-state index < -0.39 is 6.04 Å². The molecule has 0 spiro atoms. The molecule has 0 bridgehead atoms. The van der Waals surface area contributed by atoms with Crippen molar-refractivity contribution in [3.8, 4) is 0 Å². The summed E-state index contributed by atoms with van der Waals surface area (Å²) in [4.78, 5) is 29.0. The summed E-state index contributed by atoms with van der Waals surface area (Å²) < 4.78 is 0. The molecular formula is C30H34Cl2N2O2S. The van der Waals surface area contributed by atoms with E-state index in [0.29, 0.717) is 28.8 Å². The predicted molar refractivity (Wildman–Crippen MR) is 156 cm³/mol. The Labute approximate surface area is 234 Å². The molecule has 7 heteroatoms. The number of hydrogen-bond acceptors (Lipinski definition) is 3. The van der Waals surface area contributed by atoms with Gasteiger partial charge in [-0.05, 0) is 49.1 Å². The summed E-state index contributed by atoms with van der Waals surface area (Å²) in [5.74, 6) is 0.651. The molecule has 0 aromatic heterocycles. The van der Waals surface area contributed by atoms with Crippen molar-refractivity contribution in [2.24, 2.45) is 0 Å². The number of carbonyl (C=O) groups excluding carboxylic acids is 2. The van der Waals surface area contributed by atoms with Gasteiger partial charge in [0.25, 0.3) is 0 Å². The van der Waals surface area contributed by atoms with Gasteiger partial charge in [0.1, 0.15) is 6.04 Å². The van der Waals surface area contributed by atoms with Crippen LogP contribution in [0.15, 0.2) is 72.8 Å². The minimum atomic E-state index is -0.630. The third-order valence-corrected chi connectivity index (χ3v) is 7.91. The van der Waals surface area contributed by atoms with Gasteiger partial charge in [-0.25, -0.2) is 0 Å². The first-order chi connectivity index (χ1) is 17.8. The number of halogens is 2. The normalized spacial score (nSPS) is 12.6. The zero-order chi connectivity index (χ0) is 26.8. The quantitative estimate of drug-likeness (QED) is 0.259. The third kappa shape index (κ3) is 9.10. The standard InChI is InChI=1S/C30H34Cl2N2O2S/c1-4-22(3)33-30(36)28(17-23-10-6-5-7-11-23)34(18-24-12-8-9-21(2)15-24)29(35)20-37-19-25-13-14-26(31)27(32)16-25/h5-16,22,28H,4,17-20H2,1-3H3,(H,33,36)/t22-,28+/m1/s1. The van der Waals surface area contributed by atoms with E-state index in [4.69, 9.17) is 23.2 Å². The second-order valence-corrected chi connectivity index (χ2v) is 11.1. The van der Waals surface area contributed by atoms with Crippen molar-refractivity contribution in [2.45, 2.75) is 58.0 Å². The van der Waals surface area contributed by atoms with Crippen molar-refractivity contribution in [1.82, 2.24) is 10.2 Å². The van der Waals surface area contributed by atoms with E-state index >= 15 is 0 Å². The Morgan fingerprint density at radius 3 is 2.32 bits per heavy atom. The van der Waals surface area contributed by atoms with Gasteiger partial charge in [-0.2, -0.15) is 0 Å². The molecular weight excluding hydrogens is 523 g/mol. The molecule has 2 amide bonds. The minimum Gasteiger partial charge on any atom is -0.352 e. The van der Waals surface area contributed by atoms with Crippen LogP contribution in [0.1, 0.15) is 42.5 Å². The first-order valence-electron chi connectivity index (χ1n) is 12.5. The highest BCUT2D eigenvalue weighted by molar-refractivity contribution is 7.99. The van der Waals surface area contributed by atoms with Gasteiger partial charge >= 0.3 is 0 Å². The van der Waals surface area contributed by atoms with Crippen molar-refractivity contribution >= 4 is 46.8 Å². The topological polar surface area (TPSA) is 49.4 Å². The van der Waals surface area contributed by atoms with Gasteiger partial charge in [-0.3, -0.25) is 9.59 Å². The van der Waals surface area contributed by atoms with Crippen LogP contribution < -0.4 is 5.32 Å². The zero-order valence-electron chi connectivity index (χ0n) is 21.5.